The van der Waals surface area contributed by atoms with Gasteiger partial charge >= 0.3 is 0 Å². The smallest absolute Gasteiger partial charge is 0.229 e. The predicted molar refractivity (Wildman–Crippen MR) is 112 cm³/mol. The van der Waals surface area contributed by atoms with Crippen molar-refractivity contribution in [3.63, 3.8) is 0 Å². The second-order valence-electron chi connectivity index (χ2n) is 7.18. The summed E-state index contributed by atoms with van der Waals surface area (Å²) in [6.45, 7) is 6.27. The standard InChI is InChI=1S/C21H23ClN4O/c1-21(2,3)26-19-13-17(14-8-6-5-7-9-14)24-20(25-19)23-15-10-11-18(27-4)16(22)12-15/h5-13H,1-4H3,(H2,23,24,25,26). The minimum Gasteiger partial charge on any atom is -0.495 e. The van der Waals surface area contributed by atoms with Crippen LogP contribution in [0.2, 0.25) is 5.02 Å². The van der Waals surface area contributed by atoms with Crippen LogP contribution in [0.4, 0.5) is 17.5 Å². The van der Waals surface area contributed by atoms with E-state index in [9.17, 15) is 0 Å². The minimum absolute atomic E-state index is 0.122. The van der Waals surface area contributed by atoms with Crippen molar-refractivity contribution < 1.29 is 4.74 Å². The number of nitrogens with zero attached hydrogens (tertiary/aromatic N) is 2. The number of halogens is 1. The monoisotopic (exact) mass is 382 g/mol. The first kappa shape index (κ1) is 19.0. The summed E-state index contributed by atoms with van der Waals surface area (Å²) in [5, 5.41) is 7.16. The fraction of sp³-hybridized carbons (Fsp3) is 0.238. The predicted octanol–water partition coefficient (Wildman–Crippen LogP) is 5.76. The molecule has 1 heterocycles. The van der Waals surface area contributed by atoms with Crippen LogP contribution in [0.15, 0.2) is 54.6 Å². The summed E-state index contributed by atoms with van der Waals surface area (Å²) in [5.74, 6) is 1.86. The van der Waals surface area contributed by atoms with Crippen LogP contribution in [0, 0.1) is 0 Å². The van der Waals surface area contributed by atoms with Crippen LogP contribution >= 0.6 is 11.6 Å². The molecule has 0 aliphatic carbocycles. The minimum atomic E-state index is -0.122. The quantitative estimate of drug-likeness (QED) is 0.587. The normalized spacial score (nSPS) is 11.1. The van der Waals surface area contributed by atoms with Crippen LogP contribution in [-0.2, 0) is 0 Å². The Hall–Kier alpha value is -2.79. The zero-order chi connectivity index (χ0) is 19.4. The van der Waals surface area contributed by atoms with Crippen LogP contribution in [0.25, 0.3) is 11.3 Å². The lowest BCUT2D eigenvalue weighted by atomic mass is 10.1. The van der Waals surface area contributed by atoms with Gasteiger partial charge in [-0.3, -0.25) is 0 Å². The summed E-state index contributed by atoms with van der Waals surface area (Å²) in [6.07, 6.45) is 0. The average molecular weight is 383 g/mol. The van der Waals surface area contributed by atoms with Gasteiger partial charge in [0.25, 0.3) is 0 Å². The first-order chi connectivity index (χ1) is 12.8. The molecule has 0 bridgehead atoms. The van der Waals surface area contributed by atoms with Crippen LogP contribution < -0.4 is 15.4 Å². The Morgan fingerprint density at radius 3 is 2.33 bits per heavy atom. The molecule has 0 saturated carbocycles. The molecular formula is C21H23ClN4O. The molecule has 0 amide bonds. The van der Waals surface area contributed by atoms with E-state index in [1.54, 1.807) is 19.2 Å². The molecule has 0 saturated heterocycles. The Labute approximate surface area is 164 Å². The van der Waals surface area contributed by atoms with Crippen LogP contribution in [0.3, 0.4) is 0 Å². The molecule has 27 heavy (non-hydrogen) atoms. The Morgan fingerprint density at radius 2 is 1.70 bits per heavy atom. The summed E-state index contributed by atoms with van der Waals surface area (Å²) in [7, 11) is 1.59. The highest BCUT2D eigenvalue weighted by atomic mass is 35.5. The lowest BCUT2D eigenvalue weighted by molar-refractivity contribution is 0.415. The van der Waals surface area contributed by atoms with E-state index >= 15 is 0 Å². The fourth-order valence-corrected chi connectivity index (χ4v) is 2.84. The topological polar surface area (TPSA) is 59.1 Å². The van der Waals surface area contributed by atoms with Crippen molar-refractivity contribution >= 4 is 29.1 Å². The molecule has 0 atom stereocenters. The van der Waals surface area contributed by atoms with Crippen molar-refractivity contribution in [1.82, 2.24) is 9.97 Å². The molecule has 0 spiro atoms. The Kier molecular flexibility index (Phi) is 5.51. The Bertz CT molecular complexity index is 923. The van der Waals surface area contributed by atoms with Gasteiger partial charge in [-0.15, -0.1) is 0 Å². The molecule has 6 heteroatoms. The van der Waals surface area contributed by atoms with Crippen LogP contribution in [-0.4, -0.2) is 22.6 Å². The molecular weight excluding hydrogens is 360 g/mol. The fourth-order valence-electron chi connectivity index (χ4n) is 2.58. The van der Waals surface area contributed by atoms with Gasteiger partial charge in [-0.1, -0.05) is 41.9 Å². The largest absolute Gasteiger partial charge is 0.495 e. The summed E-state index contributed by atoms with van der Waals surface area (Å²) in [6, 6.07) is 17.4. The van der Waals surface area contributed by atoms with E-state index in [1.165, 1.54) is 0 Å². The first-order valence-corrected chi connectivity index (χ1v) is 9.05. The molecule has 1 aromatic heterocycles. The van der Waals surface area contributed by atoms with Crippen molar-refractivity contribution in [3.8, 4) is 17.0 Å². The molecule has 0 unspecified atom stereocenters. The third-order valence-corrected chi connectivity index (χ3v) is 4.00. The number of ether oxygens (including phenoxy) is 1. The molecule has 2 aromatic carbocycles. The third kappa shape index (κ3) is 5.11. The van der Waals surface area contributed by atoms with Gasteiger partial charge in [0.2, 0.25) is 5.95 Å². The van der Waals surface area contributed by atoms with Crippen LogP contribution in [0.5, 0.6) is 5.75 Å². The zero-order valence-corrected chi connectivity index (χ0v) is 16.6. The number of hydrogen-bond acceptors (Lipinski definition) is 5. The van der Waals surface area contributed by atoms with Gasteiger partial charge < -0.3 is 15.4 Å². The molecule has 140 valence electrons. The molecule has 3 rings (SSSR count). The van der Waals surface area contributed by atoms with Crippen LogP contribution in [0.1, 0.15) is 20.8 Å². The summed E-state index contributed by atoms with van der Waals surface area (Å²) in [5.41, 5.74) is 2.52. The molecule has 0 aliphatic rings. The zero-order valence-electron chi connectivity index (χ0n) is 15.9. The second kappa shape index (κ2) is 7.84. The molecule has 0 aliphatic heterocycles. The van der Waals surface area contributed by atoms with E-state index < -0.39 is 0 Å². The Balaban J connectivity index is 1.98. The molecule has 5 nitrogen and oxygen atoms in total. The third-order valence-electron chi connectivity index (χ3n) is 3.71. The number of rotatable bonds is 5. The highest BCUT2D eigenvalue weighted by Gasteiger charge is 2.14. The van der Waals surface area contributed by atoms with Crippen molar-refractivity contribution in [2.75, 3.05) is 17.7 Å². The van der Waals surface area contributed by atoms with E-state index in [0.717, 1.165) is 22.8 Å². The number of anilines is 3. The van der Waals surface area contributed by atoms with Gasteiger partial charge in [-0.25, -0.2) is 4.98 Å². The lowest BCUT2D eigenvalue weighted by Crippen LogP contribution is -2.26. The summed E-state index contributed by atoms with van der Waals surface area (Å²) in [4.78, 5) is 9.27. The number of aromatic nitrogens is 2. The SMILES string of the molecule is COc1ccc(Nc2nc(NC(C)(C)C)cc(-c3ccccc3)n2)cc1Cl. The lowest BCUT2D eigenvalue weighted by Gasteiger charge is -2.22. The maximum atomic E-state index is 6.22. The van der Waals surface area contributed by atoms with E-state index in [1.807, 2.05) is 42.5 Å². The number of methoxy groups -OCH3 is 1. The van der Waals surface area contributed by atoms with Crippen molar-refractivity contribution in [2.24, 2.45) is 0 Å². The molecule has 3 aromatic rings. The van der Waals surface area contributed by atoms with Gasteiger partial charge in [-0.05, 0) is 39.0 Å². The number of benzene rings is 2. The van der Waals surface area contributed by atoms with E-state index in [2.05, 4.69) is 41.4 Å². The summed E-state index contributed by atoms with van der Waals surface area (Å²) < 4.78 is 5.20. The summed E-state index contributed by atoms with van der Waals surface area (Å²) >= 11 is 6.22. The van der Waals surface area contributed by atoms with Gasteiger partial charge in [0.1, 0.15) is 11.6 Å². The van der Waals surface area contributed by atoms with E-state index in [4.69, 9.17) is 16.3 Å². The maximum Gasteiger partial charge on any atom is 0.229 e. The van der Waals surface area contributed by atoms with Crippen molar-refractivity contribution in [2.45, 2.75) is 26.3 Å². The van der Waals surface area contributed by atoms with Crippen molar-refractivity contribution in [1.29, 1.82) is 0 Å². The van der Waals surface area contributed by atoms with Crippen molar-refractivity contribution in [3.05, 3.63) is 59.6 Å². The van der Waals surface area contributed by atoms with Gasteiger partial charge in [0, 0.05) is 22.9 Å². The molecule has 2 N–H and O–H groups in total. The van der Waals surface area contributed by atoms with Gasteiger partial charge in [0.15, 0.2) is 0 Å². The Morgan fingerprint density at radius 1 is 0.963 bits per heavy atom. The van der Waals surface area contributed by atoms with E-state index in [-0.39, 0.29) is 5.54 Å². The highest BCUT2D eigenvalue weighted by molar-refractivity contribution is 6.32. The number of hydrogen-bond donors (Lipinski definition) is 2. The molecule has 0 fully saturated rings. The number of nitrogens with one attached hydrogen (secondary N) is 2. The average Bonchev–Trinajstić information content (AvgIpc) is 2.61. The maximum absolute atomic E-state index is 6.22. The van der Waals surface area contributed by atoms with Gasteiger partial charge in [0.05, 0.1) is 17.8 Å². The van der Waals surface area contributed by atoms with E-state index in [0.29, 0.717) is 16.7 Å². The van der Waals surface area contributed by atoms with Gasteiger partial charge in [-0.2, -0.15) is 4.98 Å². The molecule has 0 radical (unpaired) electrons. The first-order valence-electron chi connectivity index (χ1n) is 8.67. The second-order valence-corrected chi connectivity index (χ2v) is 7.58. The highest BCUT2D eigenvalue weighted by Crippen LogP contribution is 2.29.